The third-order valence-electron chi connectivity index (χ3n) is 1.65. The maximum absolute atomic E-state index is 11.4. The van der Waals surface area contributed by atoms with E-state index in [4.69, 9.17) is 0 Å². The van der Waals surface area contributed by atoms with Crippen molar-refractivity contribution in [1.82, 2.24) is 5.32 Å². The molecule has 3 nitrogen and oxygen atoms in total. The first-order chi connectivity index (χ1) is 6.24. The number of nitrogens with one attached hydrogen (secondary N) is 1. The molecule has 0 aliphatic rings. The summed E-state index contributed by atoms with van der Waals surface area (Å²) in [4.78, 5) is 22.9. The molecule has 0 atom stereocenters. The molecule has 0 aromatic carbocycles. The number of Topliss-reactive ketones (excluding diaryl/α,β-unsaturated/α-hetero) is 1. The van der Waals surface area contributed by atoms with Crippen molar-refractivity contribution in [3.05, 3.63) is 22.4 Å². The fourth-order valence-electron chi connectivity index (χ4n) is 0.912. The summed E-state index contributed by atoms with van der Waals surface area (Å²) in [5.41, 5.74) is 0. The molecule has 1 heterocycles. The van der Waals surface area contributed by atoms with Gasteiger partial charge in [0.1, 0.15) is 0 Å². The van der Waals surface area contributed by atoms with E-state index in [1.165, 1.54) is 11.3 Å². The maximum Gasteiger partial charge on any atom is 0.220 e. The number of carbonyl (C=O) groups is 2. The van der Waals surface area contributed by atoms with Gasteiger partial charge in [0.25, 0.3) is 0 Å². The highest BCUT2D eigenvalue weighted by atomic mass is 32.1. The fraction of sp³-hybridized carbons (Fsp3) is 0.333. The highest BCUT2D eigenvalue weighted by Gasteiger charge is 2.08. The van der Waals surface area contributed by atoms with Gasteiger partial charge >= 0.3 is 0 Å². The number of hydrogen-bond acceptors (Lipinski definition) is 3. The molecule has 1 rings (SSSR count). The van der Waals surface area contributed by atoms with E-state index < -0.39 is 0 Å². The van der Waals surface area contributed by atoms with Crippen molar-refractivity contribution in [3.63, 3.8) is 0 Å². The van der Waals surface area contributed by atoms with Gasteiger partial charge in [-0.25, -0.2) is 0 Å². The average molecular weight is 197 g/mol. The van der Waals surface area contributed by atoms with Crippen LogP contribution in [0.1, 0.15) is 22.5 Å². The first kappa shape index (κ1) is 9.92. The number of hydrogen-bond donors (Lipinski definition) is 1. The Bertz CT molecular complexity index is 293. The standard InChI is InChI=1S/C9H11NO2S/c1-10-9(12)5-4-7(11)8-3-2-6-13-8/h2-3,6H,4-5H2,1H3,(H,10,12). The maximum atomic E-state index is 11.4. The van der Waals surface area contributed by atoms with Crippen LogP contribution in [0.15, 0.2) is 17.5 Å². The van der Waals surface area contributed by atoms with E-state index in [2.05, 4.69) is 5.32 Å². The molecule has 0 radical (unpaired) electrons. The van der Waals surface area contributed by atoms with Crippen LogP contribution in [-0.2, 0) is 4.79 Å². The van der Waals surface area contributed by atoms with Gasteiger partial charge in [-0.2, -0.15) is 0 Å². The van der Waals surface area contributed by atoms with Crippen LogP contribution in [0, 0.1) is 0 Å². The summed E-state index contributed by atoms with van der Waals surface area (Å²) in [7, 11) is 1.57. The highest BCUT2D eigenvalue weighted by molar-refractivity contribution is 7.12. The minimum Gasteiger partial charge on any atom is -0.359 e. The molecule has 13 heavy (non-hydrogen) atoms. The molecular formula is C9H11NO2S. The van der Waals surface area contributed by atoms with Crippen LogP contribution in [0.3, 0.4) is 0 Å². The van der Waals surface area contributed by atoms with E-state index in [9.17, 15) is 9.59 Å². The van der Waals surface area contributed by atoms with Gasteiger partial charge in [-0.15, -0.1) is 11.3 Å². The van der Waals surface area contributed by atoms with E-state index in [-0.39, 0.29) is 18.1 Å². The summed E-state index contributed by atoms with van der Waals surface area (Å²) in [5, 5.41) is 4.33. The van der Waals surface area contributed by atoms with Crippen LogP contribution in [0.5, 0.6) is 0 Å². The van der Waals surface area contributed by atoms with E-state index >= 15 is 0 Å². The molecule has 0 aliphatic carbocycles. The predicted octanol–water partition coefficient (Wildman–Crippen LogP) is 1.46. The molecule has 70 valence electrons. The van der Waals surface area contributed by atoms with Crippen LogP contribution in [-0.4, -0.2) is 18.7 Å². The molecule has 0 fully saturated rings. The molecule has 0 unspecified atom stereocenters. The van der Waals surface area contributed by atoms with E-state index in [1.807, 2.05) is 11.4 Å². The molecule has 0 aliphatic heterocycles. The van der Waals surface area contributed by atoms with Gasteiger partial charge < -0.3 is 5.32 Å². The fourth-order valence-corrected chi connectivity index (χ4v) is 1.61. The number of amides is 1. The Kier molecular flexibility index (Phi) is 3.64. The van der Waals surface area contributed by atoms with E-state index in [1.54, 1.807) is 13.1 Å². The van der Waals surface area contributed by atoms with Crippen molar-refractivity contribution in [2.24, 2.45) is 0 Å². The molecule has 0 saturated carbocycles. The van der Waals surface area contributed by atoms with Crippen LogP contribution < -0.4 is 5.32 Å². The van der Waals surface area contributed by atoms with Crippen molar-refractivity contribution in [3.8, 4) is 0 Å². The highest BCUT2D eigenvalue weighted by Crippen LogP contribution is 2.11. The molecule has 0 saturated heterocycles. The van der Waals surface area contributed by atoms with Crippen molar-refractivity contribution < 1.29 is 9.59 Å². The zero-order valence-electron chi connectivity index (χ0n) is 7.37. The summed E-state index contributed by atoms with van der Waals surface area (Å²) < 4.78 is 0. The second kappa shape index (κ2) is 4.77. The minimum absolute atomic E-state index is 0.0404. The van der Waals surface area contributed by atoms with Crippen molar-refractivity contribution >= 4 is 23.0 Å². The third-order valence-corrected chi connectivity index (χ3v) is 2.56. The largest absolute Gasteiger partial charge is 0.359 e. The lowest BCUT2D eigenvalue weighted by molar-refractivity contribution is -0.120. The molecular weight excluding hydrogens is 186 g/mol. The predicted molar refractivity (Wildman–Crippen MR) is 52.0 cm³/mol. The Labute approximate surface area is 80.8 Å². The molecule has 4 heteroatoms. The lowest BCUT2D eigenvalue weighted by atomic mass is 10.2. The average Bonchev–Trinajstić information content (AvgIpc) is 2.66. The van der Waals surface area contributed by atoms with Crippen LogP contribution in [0.2, 0.25) is 0 Å². The Balaban J connectivity index is 2.39. The summed E-state index contributed by atoms with van der Waals surface area (Å²) >= 11 is 1.41. The van der Waals surface area contributed by atoms with E-state index in [0.29, 0.717) is 6.42 Å². The molecule has 0 bridgehead atoms. The molecule has 0 spiro atoms. The van der Waals surface area contributed by atoms with Gasteiger partial charge in [0.2, 0.25) is 5.91 Å². The number of ketones is 1. The first-order valence-electron chi connectivity index (χ1n) is 4.01. The van der Waals surface area contributed by atoms with Crippen LogP contribution in [0.25, 0.3) is 0 Å². The van der Waals surface area contributed by atoms with Gasteiger partial charge in [-0.05, 0) is 11.4 Å². The Hall–Kier alpha value is -1.16. The second-order valence-electron chi connectivity index (χ2n) is 2.57. The first-order valence-corrected chi connectivity index (χ1v) is 4.89. The third kappa shape index (κ3) is 2.99. The summed E-state index contributed by atoms with van der Waals surface area (Å²) in [6.07, 6.45) is 0.563. The number of thiophene rings is 1. The Morgan fingerprint density at radius 1 is 1.46 bits per heavy atom. The number of rotatable bonds is 4. The lowest BCUT2D eigenvalue weighted by Crippen LogP contribution is -2.18. The monoisotopic (exact) mass is 197 g/mol. The lowest BCUT2D eigenvalue weighted by Gasteiger charge is -1.97. The summed E-state index contributed by atoms with van der Waals surface area (Å²) in [6.45, 7) is 0. The van der Waals surface area contributed by atoms with Gasteiger partial charge in [-0.3, -0.25) is 9.59 Å². The minimum atomic E-state index is -0.0927. The Morgan fingerprint density at radius 2 is 2.23 bits per heavy atom. The number of carbonyl (C=O) groups excluding carboxylic acids is 2. The topological polar surface area (TPSA) is 46.2 Å². The molecule has 1 aromatic heterocycles. The van der Waals surface area contributed by atoms with Gasteiger partial charge in [0, 0.05) is 19.9 Å². The smallest absolute Gasteiger partial charge is 0.220 e. The van der Waals surface area contributed by atoms with Crippen molar-refractivity contribution in [1.29, 1.82) is 0 Å². The zero-order chi connectivity index (χ0) is 9.68. The van der Waals surface area contributed by atoms with Gasteiger partial charge in [0.05, 0.1) is 4.88 Å². The van der Waals surface area contributed by atoms with Crippen molar-refractivity contribution in [2.45, 2.75) is 12.8 Å². The Morgan fingerprint density at radius 3 is 2.77 bits per heavy atom. The van der Waals surface area contributed by atoms with Crippen LogP contribution in [0.4, 0.5) is 0 Å². The molecule has 1 amide bonds. The normalized spacial score (nSPS) is 9.62. The summed E-state index contributed by atoms with van der Waals surface area (Å²) in [6, 6.07) is 3.61. The van der Waals surface area contributed by atoms with Gasteiger partial charge in [0.15, 0.2) is 5.78 Å². The summed E-state index contributed by atoms with van der Waals surface area (Å²) in [5.74, 6) is -0.0523. The van der Waals surface area contributed by atoms with E-state index in [0.717, 1.165) is 4.88 Å². The van der Waals surface area contributed by atoms with Crippen LogP contribution >= 0.6 is 11.3 Å². The quantitative estimate of drug-likeness (QED) is 0.743. The zero-order valence-corrected chi connectivity index (χ0v) is 8.19. The molecule has 1 N–H and O–H groups in total. The van der Waals surface area contributed by atoms with Crippen molar-refractivity contribution in [2.75, 3.05) is 7.05 Å². The molecule has 1 aromatic rings. The SMILES string of the molecule is CNC(=O)CCC(=O)c1cccs1. The van der Waals surface area contributed by atoms with Gasteiger partial charge in [-0.1, -0.05) is 6.07 Å². The second-order valence-corrected chi connectivity index (χ2v) is 3.52.